The lowest BCUT2D eigenvalue weighted by molar-refractivity contribution is 0.0661. The summed E-state index contributed by atoms with van der Waals surface area (Å²) in [6, 6.07) is 1.08. The van der Waals surface area contributed by atoms with E-state index in [-0.39, 0.29) is 16.4 Å². The minimum atomic E-state index is -3.64. The van der Waals surface area contributed by atoms with Gasteiger partial charge in [0.2, 0.25) is 15.8 Å². The first-order valence-electron chi connectivity index (χ1n) is 5.34. The van der Waals surface area contributed by atoms with Crippen molar-refractivity contribution in [1.29, 1.82) is 0 Å². The largest absolute Gasteiger partial charge is 0.475 e. The molecule has 1 aliphatic heterocycles. The average molecular weight is 291 g/mol. The summed E-state index contributed by atoms with van der Waals surface area (Å²) in [6.45, 7) is 2.35. The van der Waals surface area contributed by atoms with Crippen LogP contribution in [0.2, 0.25) is 0 Å². The number of aromatic carboxylic acids is 1. The summed E-state index contributed by atoms with van der Waals surface area (Å²) in [6.07, 6.45) is 0. The molecule has 6 nitrogen and oxygen atoms in total. The van der Waals surface area contributed by atoms with E-state index < -0.39 is 16.0 Å². The van der Waals surface area contributed by atoms with Gasteiger partial charge in [-0.05, 0) is 6.92 Å². The first kappa shape index (κ1) is 13.4. The van der Waals surface area contributed by atoms with E-state index in [9.17, 15) is 13.2 Å². The van der Waals surface area contributed by atoms with Crippen LogP contribution in [0, 0.1) is 6.92 Å². The summed E-state index contributed by atoms with van der Waals surface area (Å²) in [5.41, 5.74) is 0. The van der Waals surface area contributed by atoms with Gasteiger partial charge >= 0.3 is 5.97 Å². The zero-order valence-electron chi connectivity index (χ0n) is 9.75. The van der Waals surface area contributed by atoms with Crippen molar-refractivity contribution in [1.82, 2.24) is 4.31 Å². The Morgan fingerprint density at radius 1 is 1.44 bits per heavy atom. The summed E-state index contributed by atoms with van der Waals surface area (Å²) in [5.74, 6) is 0.000873. The van der Waals surface area contributed by atoms with E-state index in [1.165, 1.54) is 11.2 Å². The van der Waals surface area contributed by atoms with Crippen molar-refractivity contribution in [2.24, 2.45) is 0 Å². The number of nitrogens with zero attached hydrogens (tertiary/aromatic N) is 1. The SMILES string of the molecule is Cc1oc(C(=O)O)cc1S(=O)(=O)N1CCSCC1. The van der Waals surface area contributed by atoms with Gasteiger partial charge in [0, 0.05) is 30.7 Å². The van der Waals surface area contributed by atoms with Gasteiger partial charge in [-0.3, -0.25) is 0 Å². The van der Waals surface area contributed by atoms with E-state index in [2.05, 4.69) is 0 Å². The van der Waals surface area contributed by atoms with Gasteiger partial charge in [0.1, 0.15) is 10.7 Å². The number of carboxylic acids is 1. The maximum atomic E-state index is 12.3. The van der Waals surface area contributed by atoms with Gasteiger partial charge in [0.15, 0.2) is 0 Å². The van der Waals surface area contributed by atoms with E-state index in [0.29, 0.717) is 13.1 Å². The molecule has 18 heavy (non-hydrogen) atoms. The van der Waals surface area contributed by atoms with E-state index in [4.69, 9.17) is 9.52 Å². The number of hydrogen-bond acceptors (Lipinski definition) is 5. The van der Waals surface area contributed by atoms with Gasteiger partial charge in [-0.25, -0.2) is 13.2 Å². The molecule has 1 aromatic heterocycles. The van der Waals surface area contributed by atoms with Gasteiger partial charge in [-0.15, -0.1) is 0 Å². The van der Waals surface area contributed by atoms with Crippen LogP contribution in [0.15, 0.2) is 15.4 Å². The predicted octanol–water partition coefficient (Wildman–Crippen LogP) is 1.02. The number of hydrogen-bond donors (Lipinski definition) is 1. The second kappa shape index (κ2) is 4.94. The van der Waals surface area contributed by atoms with Crippen LogP contribution in [0.3, 0.4) is 0 Å². The van der Waals surface area contributed by atoms with E-state index in [1.807, 2.05) is 0 Å². The average Bonchev–Trinajstić information content (AvgIpc) is 2.73. The molecule has 1 saturated heterocycles. The lowest BCUT2D eigenvalue weighted by Crippen LogP contribution is -2.37. The van der Waals surface area contributed by atoms with Crippen molar-refractivity contribution >= 4 is 27.8 Å². The molecule has 1 fully saturated rings. The molecule has 0 aromatic carbocycles. The van der Waals surface area contributed by atoms with E-state index in [0.717, 1.165) is 17.6 Å². The predicted molar refractivity (Wildman–Crippen MR) is 66.5 cm³/mol. The quantitative estimate of drug-likeness (QED) is 0.894. The van der Waals surface area contributed by atoms with Gasteiger partial charge < -0.3 is 9.52 Å². The summed E-state index contributed by atoms with van der Waals surface area (Å²) in [4.78, 5) is 10.7. The van der Waals surface area contributed by atoms with Crippen LogP contribution in [0.4, 0.5) is 0 Å². The summed E-state index contributed by atoms with van der Waals surface area (Å²) < 4.78 is 30.9. The molecule has 1 aliphatic rings. The lowest BCUT2D eigenvalue weighted by atomic mass is 10.4. The fraction of sp³-hybridized carbons (Fsp3) is 0.500. The fourth-order valence-corrected chi connectivity index (χ4v) is 4.49. The molecule has 0 radical (unpaired) electrons. The summed E-state index contributed by atoms with van der Waals surface area (Å²) >= 11 is 1.70. The fourth-order valence-electron chi connectivity index (χ4n) is 1.75. The zero-order chi connectivity index (χ0) is 13.3. The zero-order valence-corrected chi connectivity index (χ0v) is 11.4. The van der Waals surface area contributed by atoms with Gasteiger partial charge in [0.25, 0.3) is 0 Å². The maximum Gasteiger partial charge on any atom is 0.371 e. The highest BCUT2D eigenvalue weighted by atomic mass is 32.2. The van der Waals surface area contributed by atoms with Crippen molar-refractivity contribution in [2.75, 3.05) is 24.6 Å². The Labute approximate surface area is 109 Å². The molecule has 2 rings (SSSR count). The topological polar surface area (TPSA) is 87.8 Å². The number of rotatable bonds is 3. The third kappa shape index (κ3) is 2.40. The van der Waals surface area contributed by atoms with Gasteiger partial charge in [-0.1, -0.05) is 0 Å². The van der Waals surface area contributed by atoms with Crippen LogP contribution in [0.1, 0.15) is 16.3 Å². The molecule has 0 atom stereocenters. The Balaban J connectivity index is 2.37. The normalized spacial score (nSPS) is 17.8. The summed E-state index contributed by atoms with van der Waals surface area (Å²) in [7, 11) is -3.64. The molecule has 1 aromatic rings. The number of thioether (sulfide) groups is 1. The Bertz CT molecular complexity index is 557. The molecular formula is C10H13NO5S2. The molecule has 100 valence electrons. The van der Waals surface area contributed by atoms with Crippen molar-refractivity contribution in [2.45, 2.75) is 11.8 Å². The monoisotopic (exact) mass is 291 g/mol. The standard InChI is InChI=1S/C10H13NO5S2/c1-7-9(6-8(16-7)10(12)13)18(14,15)11-2-4-17-5-3-11/h6H,2-5H2,1H3,(H,12,13). The second-order valence-corrected chi connectivity index (χ2v) is 6.98. The third-order valence-electron chi connectivity index (χ3n) is 2.67. The van der Waals surface area contributed by atoms with Crippen LogP contribution in [0.5, 0.6) is 0 Å². The molecule has 0 spiro atoms. The molecule has 0 unspecified atom stereocenters. The Kier molecular flexibility index (Phi) is 3.69. The number of carbonyl (C=O) groups is 1. The van der Waals surface area contributed by atoms with Crippen molar-refractivity contribution in [3.8, 4) is 0 Å². The van der Waals surface area contributed by atoms with Gasteiger partial charge in [-0.2, -0.15) is 16.1 Å². The third-order valence-corrected chi connectivity index (χ3v) is 5.62. The number of carboxylic acid groups (broad SMARTS) is 1. The van der Waals surface area contributed by atoms with Crippen LogP contribution in [-0.4, -0.2) is 48.4 Å². The van der Waals surface area contributed by atoms with Crippen molar-refractivity contribution in [3.63, 3.8) is 0 Å². The van der Waals surface area contributed by atoms with Crippen molar-refractivity contribution < 1.29 is 22.7 Å². The van der Waals surface area contributed by atoms with E-state index in [1.54, 1.807) is 11.8 Å². The summed E-state index contributed by atoms with van der Waals surface area (Å²) in [5, 5.41) is 8.79. The minimum absolute atomic E-state index is 0.0493. The number of furan rings is 1. The molecule has 0 aliphatic carbocycles. The second-order valence-electron chi connectivity index (χ2n) is 3.85. The first-order chi connectivity index (χ1) is 8.43. The van der Waals surface area contributed by atoms with Crippen LogP contribution >= 0.6 is 11.8 Å². The van der Waals surface area contributed by atoms with Crippen LogP contribution < -0.4 is 0 Å². The Morgan fingerprint density at radius 3 is 2.56 bits per heavy atom. The lowest BCUT2D eigenvalue weighted by Gasteiger charge is -2.25. The molecule has 0 saturated carbocycles. The van der Waals surface area contributed by atoms with Crippen molar-refractivity contribution in [3.05, 3.63) is 17.6 Å². The first-order valence-corrected chi connectivity index (χ1v) is 7.94. The highest BCUT2D eigenvalue weighted by Gasteiger charge is 2.30. The highest BCUT2D eigenvalue weighted by Crippen LogP contribution is 2.25. The molecule has 0 amide bonds. The van der Waals surface area contributed by atoms with E-state index >= 15 is 0 Å². The molecule has 8 heteroatoms. The van der Waals surface area contributed by atoms with Crippen LogP contribution in [-0.2, 0) is 10.0 Å². The number of sulfonamides is 1. The molecule has 0 bridgehead atoms. The maximum absolute atomic E-state index is 12.3. The highest BCUT2D eigenvalue weighted by molar-refractivity contribution is 7.99. The Morgan fingerprint density at radius 2 is 2.06 bits per heavy atom. The van der Waals surface area contributed by atoms with Crippen LogP contribution in [0.25, 0.3) is 0 Å². The Hall–Kier alpha value is -0.990. The van der Waals surface area contributed by atoms with Gasteiger partial charge in [0.05, 0.1) is 0 Å². The number of aryl methyl sites for hydroxylation is 1. The molecular weight excluding hydrogens is 278 g/mol. The molecule has 1 N–H and O–H groups in total. The smallest absolute Gasteiger partial charge is 0.371 e. The minimum Gasteiger partial charge on any atom is -0.475 e. The molecule has 2 heterocycles.